The van der Waals surface area contributed by atoms with E-state index in [1.807, 2.05) is 4.90 Å². The summed E-state index contributed by atoms with van der Waals surface area (Å²) in [7, 11) is -4.10. The molecule has 1 atom stereocenters. The van der Waals surface area contributed by atoms with Crippen LogP contribution >= 0.6 is 11.7 Å². The second kappa shape index (κ2) is 9.68. The van der Waals surface area contributed by atoms with Crippen LogP contribution in [0.15, 0.2) is 77.7 Å². The molecule has 5 rings (SSSR count). The summed E-state index contributed by atoms with van der Waals surface area (Å²) in [6, 6.07) is 18.9. The molecule has 1 aromatic heterocycles. The number of nitrogens with one attached hydrogen (secondary N) is 1. The van der Waals surface area contributed by atoms with Crippen molar-refractivity contribution in [2.24, 2.45) is 0 Å². The number of carbonyl (C=O) groups excluding carboxylic acids is 1. The number of sulfonamides is 1. The van der Waals surface area contributed by atoms with Gasteiger partial charge in [-0.1, -0.05) is 48.5 Å². The summed E-state index contributed by atoms with van der Waals surface area (Å²) >= 11 is 0.928. The number of benzene rings is 3. The number of carbonyl (C=O) groups is 1. The van der Waals surface area contributed by atoms with Crippen LogP contribution in [0.1, 0.15) is 11.6 Å². The van der Waals surface area contributed by atoms with Crippen LogP contribution in [-0.2, 0) is 14.8 Å². The Morgan fingerprint density at radius 2 is 1.63 bits per heavy atom. The Morgan fingerprint density at radius 3 is 2.37 bits per heavy atom. The quantitative estimate of drug-likeness (QED) is 0.427. The van der Waals surface area contributed by atoms with Crippen LogP contribution in [0.4, 0.5) is 10.1 Å². The number of amides is 1. The van der Waals surface area contributed by atoms with E-state index in [0.29, 0.717) is 42.9 Å². The molecule has 1 fully saturated rings. The lowest BCUT2D eigenvalue weighted by atomic mass is 10.1. The minimum absolute atomic E-state index is 0.0261. The Bertz CT molecular complexity index is 1450. The lowest BCUT2D eigenvalue weighted by Gasteiger charge is -2.37. The highest BCUT2D eigenvalue weighted by Gasteiger charge is 2.33. The molecule has 11 heteroatoms. The minimum Gasteiger partial charge on any atom is -0.366 e. The Hall–Kier alpha value is -3.41. The third-order valence-electron chi connectivity index (χ3n) is 5.98. The molecule has 0 saturated carbocycles. The number of hydrogen-bond acceptors (Lipinski definition) is 7. The third-order valence-corrected chi connectivity index (χ3v) is 7.97. The van der Waals surface area contributed by atoms with Gasteiger partial charge in [-0.05, 0) is 29.8 Å². The molecular formula is C24H22FN5O3S2. The fraction of sp³-hybridized carbons (Fsp3) is 0.208. The molecule has 2 heterocycles. The van der Waals surface area contributed by atoms with Gasteiger partial charge in [-0.2, -0.15) is 13.5 Å². The summed E-state index contributed by atoms with van der Waals surface area (Å²) in [5, 5.41) is 0. The average molecular weight is 512 g/mol. The van der Waals surface area contributed by atoms with Crippen molar-refractivity contribution in [2.75, 3.05) is 31.1 Å². The van der Waals surface area contributed by atoms with E-state index in [9.17, 15) is 17.6 Å². The first kappa shape index (κ1) is 23.3. The average Bonchev–Trinajstić information content (AvgIpc) is 3.37. The molecule has 1 aliphatic heterocycles. The van der Waals surface area contributed by atoms with Crippen LogP contribution in [0, 0.1) is 5.82 Å². The van der Waals surface area contributed by atoms with Gasteiger partial charge in [0.2, 0.25) is 15.9 Å². The fourth-order valence-corrected chi connectivity index (χ4v) is 6.13. The largest absolute Gasteiger partial charge is 0.366 e. The van der Waals surface area contributed by atoms with E-state index in [1.54, 1.807) is 65.6 Å². The Morgan fingerprint density at radius 1 is 0.914 bits per heavy atom. The lowest BCUT2D eigenvalue weighted by Crippen LogP contribution is -2.52. The van der Waals surface area contributed by atoms with Crippen LogP contribution in [0.3, 0.4) is 0 Å². The number of anilines is 1. The maximum atomic E-state index is 14.2. The van der Waals surface area contributed by atoms with Gasteiger partial charge in [0, 0.05) is 26.2 Å². The number of hydrogen-bond donors (Lipinski definition) is 1. The van der Waals surface area contributed by atoms with Gasteiger partial charge in [0.15, 0.2) is 0 Å². The summed E-state index contributed by atoms with van der Waals surface area (Å²) in [6.07, 6.45) is 0. The van der Waals surface area contributed by atoms with E-state index in [2.05, 4.69) is 13.5 Å². The highest BCUT2D eigenvalue weighted by atomic mass is 32.2. The van der Waals surface area contributed by atoms with Crippen molar-refractivity contribution >= 4 is 44.4 Å². The molecule has 0 bridgehead atoms. The number of nitrogens with zero attached hydrogens (tertiary/aromatic N) is 4. The third kappa shape index (κ3) is 4.75. The van der Waals surface area contributed by atoms with Crippen LogP contribution in [0.25, 0.3) is 11.0 Å². The van der Waals surface area contributed by atoms with Gasteiger partial charge in [-0.25, -0.2) is 12.8 Å². The molecule has 0 radical (unpaired) electrons. The van der Waals surface area contributed by atoms with E-state index in [-0.39, 0.29) is 22.1 Å². The minimum atomic E-state index is -4.10. The molecule has 8 nitrogen and oxygen atoms in total. The second-order valence-corrected chi connectivity index (χ2v) is 10.3. The summed E-state index contributed by atoms with van der Waals surface area (Å²) in [5.74, 6) is -0.676. The predicted octanol–water partition coefficient (Wildman–Crippen LogP) is 3.20. The van der Waals surface area contributed by atoms with Crippen molar-refractivity contribution < 1.29 is 17.6 Å². The standard InChI is InChI=1S/C24H22FN5O3S2/c25-18-9-4-5-11-20(18)29-13-15-30(16-14-29)24(31)22(17-7-2-1-3-8-17)28-35(32,33)21-12-6-10-19-23(21)27-34-26-19/h1-12,22,28H,13-16H2. The lowest BCUT2D eigenvalue weighted by molar-refractivity contribution is -0.133. The second-order valence-electron chi connectivity index (χ2n) is 8.12. The predicted molar refractivity (Wildman–Crippen MR) is 132 cm³/mol. The van der Waals surface area contributed by atoms with E-state index >= 15 is 0 Å². The summed E-state index contributed by atoms with van der Waals surface area (Å²) < 4.78 is 51.8. The first-order valence-corrected chi connectivity index (χ1v) is 13.2. The van der Waals surface area contributed by atoms with Crippen LogP contribution < -0.4 is 9.62 Å². The van der Waals surface area contributed by atoms with E-state index in [0.717, 1.165) is 11.7 Å². The summed E-state index contributed by atoms with van der Waals surface area (Å²) in [4.78, 5) is 17.1. The zero-order valence-corrected chi connectivity index (χ0v) is 20.2. The summed E-state index contributed by atoms with van der Waals surface area (Å²) in [6.45, 7) is 1.54. The van der Waals surface area contributed by atoms with Crippen LogP contribution in [0.5, 0.6) is 0 Å². The van der Waals surface area contributed by atoms with Crippen molar-refractivity contribution in [3.05, 3.63) is 84.2 Å². The molecule has 1 saturated heterocycles. The van der Waals surface area contributed by atoms with Crippen molar-refractivity contribution in [1.29, 1.82) is 0 Å². The molecule has 1 amide bonds. The highest BCUT2D eigenvalue weighted by molar-refractivity contribution is 7.89. The fourth-order valence-electron chi connectivity index (χ4n) is 4.18. The molecule has 3 aromatic carbocycles. The Balaban J connectivity index is 1.40. The Kier molecular flexibility index (Phi) is 6.46. The van der Waals surface area contributed by atoms with Gasteiger partial charge < -0.3 is 9.80 Å². The van der Waals surface area contributed by atoms with Crippen molar-refractivity contribution in [2.45, 2.75) is 10.9 Å². The first-order valence-electron chi connectivity index (χ1n) is 11.0. The van der Waals surface area contributed by atoms with E-state index < -0.39 is 16.1 Å². The van der Waals surface area contributed by atoms with Gasteiger partial charge in [0.25, 0.3) is 0 Å². The van der Waals surface area contributed by atoms with E-state index in [1.165, 1.54) is 12.1 Å². The molecule has 0 spiro atoms. The number of fused-ring (bicyclic) bond motifs is 1. The SMILES string of the molecule is O=C(C(NS(=O)(=O)c1cccc2nsnc12)c1ccccc1)N1CCN(c2ccccc2F)CC1. The highest BCUT2D eigenvalue weighted by Crippen LogP contribution is 2.26. The molecule has 4 aromatic rings. The topological polar surface area (TPSA) is 95.5 Å². The van der Waals surface area contributed by atoms with Gasteiger partial charge >= 0.3 is 0 Å². The Labute approximate surface area is 206 Å². The summed E-state index contributed by atoms with van der Waals surface area (Å²) in [5.41, 5.74) is 1.76. The normalized spacial score (nSPS) is 15.3. The zero-order valence-electron chi connectivity index (χ0n) is 18.5. The monoisotopic (exact) mass is 511 g/mol. The molecule has 180 valence electrons. The zero-order chi connectivity index (χ0) is 24.4. The first-order chi connectivity index (χ1) is 16.9. The number of rotatable bonds is 6. The molecule has 35 heavy (non-hydrogen) atoms. The maximum absolute atomic E-state index is 14.2. The molecule has 1 N–H and O–H groups in total. The van der Waals surface area contributed by atoms with Gasteiger partial charge in [0.1, 0.15) is 27.8 Å². The van der Waals surface area contributed by atoms with E-state index in [4.69, 9.17) is 0 Å². The van der Waals surface area contributed by atoms with Gasteiger partial charge in [0.05, 0.1) is 17.4 Å². The van der Waals surface area contributed by atoms with Crippen molar-refractivity contribution in [3.8, 4) is 0 Å². The van der Waals surface area contributed by atoms with Crippen molar-refractivity contribution in [3.63, 3.8) is 0 Å². The van der Waals surface area contributed by atoms with Gasteiger partial charge in [-0.15, -0.1) is 0 Å². The number of piperazine rings is 1. The number of halogens is 1. The molecule has 1 aliphatic rings. The number of aromatic nitrogens is 2. The molecular weight excluding hydrogens is 489 g/mol. The van der Waals surface area contributed by atoms with Crippen LogP contribution in [0.2, 0.25) is 0 Å². The maximum Gasteiger partial charge on any atom is 0.245 e. The molecule has 1 unspecified atom stereocenters. The number of para-hydroxylation sites is 1. The molecule has 0 aliphatic carbocycles. The van der Waals surface area contributed by atoms with Crippen molar-refractivity contribution in [1.82, 2.24) is 18.4 Å². The smallest absolute Gasteiger partial charge is 0.245 e. The van der Waals surface area contributed by atoms with Gasteiger partial charge in [-0.3, -0.25) is 4.79 Å². The van der Waals surface area contributed by atoms with Crippen LogP contribution in [-0.4, -0.2) is 54.2 Å².